The molecule has 0 aliphatic rings. The Bertz CT molecular complexity index is 519. The smallest absolute Gasteiger partial charge is 0.270 e. The average molecular weight is 294 g/mol. The number of nitrogens with one attached hydrogen (secondary N) is 2. The standard InChI is InChI=1S/C14H22N4O3/c1-4-9(2)7-10(3)16-14(19)12-8-11(18(20)21)5-6-13(12)17-15/h5-6,8-10,17H,4,7,15H2,1-3H3,(H,16,19). The zero-order valence-electron chi connectivity index (χ0n) is 12.6. The van der Waals surface area contributed by atoms with Gasteiger partial charge in [-0.15, -0.1) is 0 Å². The van der Waals surface area contributed by atoms with E-state index in [2.05, 4.69) is 24.6 Å². The molecule has 2 atom stereocenters. The van der Waals surface area contributed by atoms with E-state index in [-0.39, 0.29) is 23.2 Å². The summed E-state index contributed by atoms with van der Waals surface area (Å²) in [6.07, 6.45) is 1.88. The molecule has 7 heteroatoms. The molecule has 0 aromatic heterocycles. The number of nitro groups is 1. The maximum Gasteiger partial charge on any atom is 0.270 e. The summed E-state index contributed by atoms with van der Waals surface area (Å²) < 4.78 is 0. The molecule has 1 rings (SSSR count). The third-order valence-corrected chi connectivity index (χ3v) is 3.44. The van der Waals surface area contributed by atoms with Crippen LogP contribution in [-0.2, 0) is 0 Å². The quantitative estimate of drug-likeness (QED) is 0.406. The van der Waals surface area contributed by atoms with Gasteiger partial charge in [-0.1, -0.05) is 20.3 Å². The van der Waals surface area contributed by atoms with Gasteiger partial charge in [-0.2, -0.15) is 0 Å². The van der Waals surface area contributed by atoms with Crippen LogP contribution in [0.15, 0.2) is 18.2 Å². The van der Waals surface area contributed by atoms with Crippen molar-refractivity contribution in [1.82, 2.24) is 5.32 Å². The summed E-state index contributed by atoms with van der Waals surface area (Å²) in [7, 11) is 0. The molecular formula is C14H22N4O3. The molecule has 1 aromatic rings. The first-order valence-electron chi connectivity index (χ1n) is 6.94. The Labute approximate surface area is 124 Å². The molecule has 0 aliphatic carbocycles. The van der Waals surface area contributed by atoms with E-state index in [0.29, 0.717) is 11.6 Å². The minimum atomic E-state index is -0.542. The number of carbonyl (C=O) groups is 1. The second kappa shape index (κ2) is 7.58. The first-order valence-corrected chi connectivity index (χ1v) is 6.94. The van der Waals surface area contributed by atoms with Crippen LogP contribution < -0.4 is 16.6 Å². The van der Waals surface area contributed by atoms with E-state index in [1.54, 1.807) is 0 Å². The number of nitrogens with two attached hydrogens (primary N) is 1. The molecule has 0 bridgehead atoms. The Morgan fingerprint density at radius 2 is 2.10 bits per heavy atom. The van der Waals surface area contributed by atoms with Crippen molar-refractivity contribution in [3.8, 4) is 0 Å². The SMILES string of the molecule is CCC(C)CC(C)NC(=O)c1cc([N+](=O)[O-])ccc1NN. The van der Waals surface area contributed by atoms with Gasteiger partial charge in [0.05, 0.1) is 16.2 Å². The number of hydrogen-bond donors (Lipinski definition) is 3. The summed E-state index contributed by atoms with van der Waals surface area (Å²) in [5.74, 6) is 5.47. The molecule has 0 heterocycles. The van der Waals surface area contributed by atoms with Gasteiger partial charge in [-0.05, 0) is 25.3 Å². The number of nitrogens with zero attached hydrogens (tertiary/aromatic N) is 1. The summed E-state index contributed by atoms with van der Waals surface area (Å²) in [5.41, 5.74) is 2.76. The molecule has 0 saturated heterocycles. The molecule has 2 unspecified atom stereocenters. The number of anilines is 1. The lowest BCUT2D eigenvalue weighted by molar-refractivity contribution is -0.384. The van der Waals surface area contributed by atoms with Crippen molar-refractivity contribution in [2.45, 2.75) is 39.7 Å². The highest BCUT2D eigenvalue weighted by Crippen LogP contribution is 2.21. The number of benzene rings is 1. The lowest BCUT2D eigenvalue weighted by Crippen LogP contribution is -2.34. The third kappa shape index (κ3) is 4.71. The van der Waals surface area contributed by atoms with Gasteiger partial charge in [0.1, 0.15) is 0 Å². The molecule has 0 spiro atoms. The molecular weight excluding hydrogens is 272 g/mol. The predicted octanol–water partition coefficient (Wildman–Crippen LogP) is 2.43. The Morgan fingerprint density at radius 3 is 2.62 bits per heavy atom. The van der Waals surface area contributed by atoms with Gasteiger partial charge in [0, 0.05) is 18.2 Å². The molecule has 21 heavy (non-hydrogen) atoms. The molecule has 0 fully saturated rings. The van der Waals surface area contributed by atoms with Gasteiger partial charge >= 0.3 is 0 Å². The second-order valence-corrected chi connectivity index (χ2v) is 5.25. The molecule has 7 nitrogen and oxygen atoms in total. The first-order chi connectivity index (χ1) is 9.88. The lowest BCUT2D eigenvalue weighted by Gasteiger charge is -2.18. The molecule has 0 saturated carbocycles. The highest BCUT2D eigenvalue weighted by Gasteiger charge is 2.18. The Hall–Kier alpha value is -2.15. The first kappa shape index (κ1) is 16.9. The van der Waals surface area contributed by atoms with Crippen LogP contribution in [0.2, 0.25) is 0 Å². The molecule has 1 amide bonds. The fourth-order valence-electron chi connectivity index (χ4n) is 2.09. The minimum Gasteiger partial charge on any atom is -0.350 e. The molecule has 1 aromatic carbocycles. The number of hydrogen-bond acceptors (Lipinski definition) is 5. The predicted molar refractivity (Wildman–Crippen MR) is 81.9 cm³/mol. The maximum absolute atomic E-state index is 12.3. The number of nitrogen functional groups attached to an aromatic ring is 1. The van der Waals surface area contributed by atoms with Gasteiger partial charge in [-0.25, -0.2) is 0 Å². The largest absolute Gasteiger partial charge is 0.350 e. The zero-order valence-corrected chi connectivity index (χ0v) is 12.6. The Balaban J connectivity index is 2.90. The van der Waals surface area contributed by atoms with E-state index in [9.17, 15) is 14.9 Å². The third-order valence-electron chi connectivity index (χ3n) is 3.44. The number of carbonyl (C=O) groups excluding carboxylic acids is 1. The van der Waals surface area contributed by atoms with Crippen LogP contribution in [0.5, 0.6) is 0 Å². The minimum absolute atomic E-state index is 0.0164. The van der Waals surface area contributed by atoms with Crippen molar-refractivity contribution in [3.63, 3.8) is 0 Å². The number of non-ortho nitro benzene ring substituents is 1. The van der Waals surface area contributed by atoms with E-state index in [0.717, 1.165) is 12.8 Å². The summed E-state index contributed by atoms with van der Waals surface area (Å²) in [5, 5.41) is 13.6. The number of rotatable bonds is 7. The van der Waals surface area contributed by atoms with E-state index in [1.807, 2.05) is 6.92 Å². The van der Waals surface area contributed by atoms with Crippen LogP contribution >= 0.6 is 0 Å². The maximum atomic E-state index is 12.3. The highest BCUT2D eigenvalue weighted by atomic mass is 16.6. The number of hydrazine groups is 1. The van der Waals surface area contributed by atoms with Crippen LogP contribution in [0.25, 0.3) is 0 Å². The molecule has 0 radical (unpaired) electrons. The van der Waals surface area contributed by atoms with Crippen molar-refractivity contribution in [2.75, 3.05) is 5.43 Å². The van der Waals surface area contributed by atoms with Crippen molar-refractivity contribution in [2.24, 2.45) is 11.8 Å². The zero-order chi connectivity index (χ0) is 16.0. The summed E-state index contributed by atoms with van der Waals surface area (Å²) in [4.78, 5) is 22.5. The van der Waals surface area contributed by atoms with E-state index in [1.165, 1.54) is 18.2 Å². The fourth-order valence-corrected chi connectivity index (χ4v) is 2.09. The lowest BCUT2D eigenvalue weighted by atomic mass is 10.00. The average Bonchev–Trinajstić information content (AvgIpc) is 2.45. The summed E-state index contributed by atoms with van der Waals surface area (Å²) >= 11 is 0. The molecule has 4 N–H and O–H groups in total. The Morgan fingerprint density at radius 1 is 1.43 bits per heavy atom. The van der Waals surface area contributed by atoms with Crippen molar-refractivity contribution in [3.05, 3.63) is 33.9 Å². The highest BCUT2D eigenvalue weighted by molar-refractivity contribution is 6.00. The van der Waals surface area contributed by atoms with Crippen LogP contribution in [0, 0.1) is 16.0 Å². The number of amides is 1. The number of nitro benzene ring substituents is 1. The monoisotopic (exact) mass is 294 g/mol. The van der Waals surface area contributed by atoms with Crippen molar-refractivity contribution >= 4 is 17.3 Å². The summed E-state index contributed by atoms with van der Waals surface area (Å²) in [6, 6.07) is 3.93. The van der Waals surface area contributed by atoms with Crippen molar-refractivity contribution in [1.29, 1.82) is 0 Å². The second-order valence-electron chi connectivity index (χ2n) is 5.25. The topological polar surface area (TPSA) is 110 Å². The van der Waals surface area contributed by atoms with Crippen LogP contribution in [0.1, 0.15) is 44.0 Å². The van der Waals surface area contributed by atoms with E-state index in [4.69, 9.17) is 5.84 Å². The van der Waals surface area contributed by atoms with Gasteiger partial charge in [-0.3, -0.25) is 20.8 Å². The Kier molecular flexibility index (Phi) is 6.10. The van der Waals surface area contributed by atoms with E-state index >= 15 is 0 Å². The van der Waals surface area contributed by atoms with E-state index < -0.39 is 4.92 Å². The summed E-state index contributed by atoms with van der Waals surface area (Å²) in [6.45, 7) is 6.12. The normalized spacial score (nSPS) is 13.3. The van der Waals surface area contributed by atoms with Gasteiger partial charge in [0.15, 0.2) is 0 Å². The van der Waals surface area contributed by atoms with Crippen LogP contribution in [-0.4, -0.2) is 16.9 Å². The van der Waals surface area contributed by atoms with Gasteiger partial charge < -0.3 is 10.7 Å². The van der Waals surface area contributed by atoms with Crippen LogP contribution in [0.4, 0.5) is 11.4 Å². The molecule has 116 valence electrons. The van der Waals surface area contributed by atoms with Crippen LogP contribution in [0.3, 0.4) is 0 Å². The van der Waals surface area contributed by atoms with Gasteiger partial charge in [0.25, 0.3) is 11.6 Å². The van der Waals surface area contributed by atoms with Gasteiger partial charge in [0.2, 0.25) is 0 Å². The fraction of sp³-hybridized carbons (Fsp3) is 0.500. The van der Waals surface area contributed by atoms with Crippen molar-refractivity contribution < 1.29 is 9.72 Å². The molecule has 0 aliphatic heterocycles.